The number of piperazine rings is 1. The minimum Gasteiger partial charge on any atom is -0.496 e. The number of carbonyl (C=O) groups excluding carboxylic acids is 2. The summed E-state index contributed by atoms with van der Waals surface area (Å²) in [7, 11) is 1.61. The summed E-state index contributed by atoms with van der Waals surface area (Å²) < 4.78 is 10.8. The summed E-state index contributed by atoms with van der Waals surface area (Å²) in [6, 6.07) is 14.7. The molecule has 2 aromatic rings. The largest absolute Gasteiger partial charge is 0.496 e. The van der Waals surface area contributed by atoms with Crippen molar-refractivity contribution in [3.05, 3.63) is 59.7 Å². The number of hydrogen-bond acceptors (Lipinski definition) is 4. The van der Waals surface area contributed by atoms with Gasteiger partial charge in [0.25, 0.3) is 11.8 Å². The van der Waals surface area contributed by atoms with Crippen LogP contribution in [-0.2, 0) is 4.79 Å². The highest BCUT2D eigenvalue weighted by atomic mass is 16.5. The molecule has 1 saturated heterocycles. The molecular weight excluding hydrogens is 344 g/mol. The number of amides is 2. The van der Waals surface area contributed by atoms with Crippen LogP contribution in [0.25, 0.3) is 0 Å². The summed E-state index contributed by atoms with van der Waals surface area (Å²) in [6.07, 6.45) is 0. The van der Waals surface area contributed by atoms with Crippen LogP contribution in [0.2, 0.25) is 0 Å². The van der Waals surface area contributed by atoms with Crippen LogP contribution in [-0.4, -0.2) is 61.5 Å². The van der Waals surface area contributed by atoms with E-state index in [1.165, 1.54) is 0 Å². The molecule has 0 radical (unpaired) electrons. The smallest absolute Gasteiger partial charge is 0.260 e. The first kappa shape index (κ1) is 18.8. The second-order valence-corrected chi connectivity index (χ2v) is 6.46. The standard InChI is InChI=1S/C21H24N2O4/c1-16-14-17(8-9-19(16)26-2)21(25)23-12-10-22(11-13-23)20(24)15-27-18-6-4-3-5-7-18/h3-9,14H,10-13,15H2,1-2H3. The van der Waals surface area contributed by atoms with Gasteiger partial charge in [-0.2, -0.15) is 0 Å². The normalized spacial score (nSPS) is 14.0. The zero-order chi connectivity index (χ0) is 19.2. The number of para-hydroxylation sites is 1. The molecule has 1 aliphatic heterocycles. The summed E-state index contributed by atoms with van der Waals surface area (Å²) in [5.74, 6) is 1.36. The number of benzene rings is 2. The van der Waals surface area contributed by atoms with E-state index in [1.54, 1.807) is 23.0 Å². The van der Waals surface area contributed by atoms with Gasteiger partial charge in [0.2, 0.25) is 0 Å². The predicted molar refractivity (Wildman–Crippen MR) is 102 cm³/mol. The van der Waals surface area contributed by atoms with E-state index in [-0.39, 0.29) is 18.4 Å². The maximum Gasteiger partial charge on any atom is 0.260 e. The second kappa shape index (κ2) is 8.58. The van der Waals surface area contributed by atoms with Gasteiger partial charge in [0.15, 0.2) is 6.61 Å². The number of methoxy groups -OCH3 is 1. The van der Waals surface area contributed by atoms with Crippen LogP contribution in [0.1, 0.15) is 15.9 Å². The maximum absolute atomic E-state index is 12.7. The Labute approximate surface area is 159 Å². The molecule has 142 valence electrons. The molecule has 0 spiro atoms. The van der Waals surface area contributed by atoms with Crippen LogP contribution in [0.15, 0.2) is 48.5 Å². The topological polar surface area (TPSA) is 59.1 Å². The van der Waals surface area contributed by atoms with Crippen molar-refractivity contribution in [2.24, 2.45) is 0 Å². The average Bonchev–Trinajstić information content (AvgIpc) is 2.72. The number of hydrogen-bond donors (Lipinski definition) is 0. The van der Waals surface area contributed by atoms with E-state index in [9.17, 15) is 9.59 Å². The molecule has 1 fully saturated rings. The first-order valence-corrected chi connectivity index (χ1v) is 8.98. The Morgan fingerprint density at radius 3 is 2.26 bits per heavy atom. The Morgan fingerprint density at radius 1 is 0.963 bits per heavy atom. The molecule has 2 aromatic carbocycles. The van der Waals surface area contributed by atoms with Crippen LogP contribution in [0, 0.1) is 6.92 Å². The summed E-state index contributed by atoms with van der Waals surface area (Å²) in [5, 5.41) is 0. The van der Waals surface area contributed by atoms with Crippen molar-refractivity contribution >= 4 is 11.8 Å². The van der Waals surface area contributed by atoms with Gasteiger partial charge in [-0.15, -0.1) is 0 Å². The SMILES string of the molecule is COc1ccc(C(=O)N2CCN(C(=O)COc3ccccc3)CC2)cc1C. The molecule has 1 aliphatic rings. The van der Waals surface area contributed by atoms with Crippen LogP contribution >= 0.6 is 0 Å². The highest BCUT2D eigenvalue weighted by Gasteiger charge is 2.25. The molecule has 1 heterocycles. The summed E-state index contributed by atoms with van der Waals surface area (Å²) >= 11 is 0. The van der Waals surface area contributed by atoms with E-state index in [1.807, 2.05) is 49.4 Å². The zero-order valence-electron chi connectivity index (χ0n) is 15.7. The Hall–Kier alpha value is -3.02. The Kier molecular flexibility index (Phi) is 5.96. The first-order valence-electron chi connectivity index (χ1n) is 8.98. The number of nitrogens with zero attached hydrogens (tertiary/aromatic N) is 2. The van der Waals surface area contributed by atoms with Gasteiger partial charge in [0.1, 0.15) is 11.5 Å². The third-order valence-corrected chi connectivity index (χ3v) is 4.67. The average molecular weight is 368 g/mol. The summed E-state index contributed by atoms with van der Waals surface area (Å²) in [5.41, 5.74) is 1.57. The maximum atomic E-state index is 12.7. The molecule has 6 heteroatoms. The molecule has 6 nitrogen and oxygen atoms in total. The molecule has 2 amide bonds. The first-order chi connectivity index (χ1) is 13.1. The summed E-state index contributed by atoms with van der Waals surface area (Å²) in [6.45, 7) is 3.98. The fourth-order valence-electron chi connectivity index (χ4n) is 3.11. The molecular formula is C21H24N2O4. The molecule has 0 N–H and O–H groups in total. The molecule has 0 aromatic heterocycles. The highest BCUT2D eigenvalue weighted by Crippen LogP contribution is 2.20. The van der Waals surface area contributed by atoms with Crippen molar-refractivity contribution in [2.45, 2.75) is 6.92 Å². The van der Waals surface area contributed by atoms with Crippen molar-refractivity contribution < 1.29 is 19.1 Å². The molecule has 0 saturated carbocycles. The molecule has 0 atom stereocenters. The number of ether oxygens (including phenoxy) is 2. The van der Waals surface area contributed by atoms with Crippen LogP contribution < -0.4 is 9.47 Å². The van der Waals surface area contributed by atoms with Crippen molar-refractivity contribution in [3.8, 4) is 11.5 Å². The van der Waals surface area contributed by atoms with Crippen molar-refractivity contribution in [2.75, 3.05) is 39.9 Å². The van der Waals surface area contributed by atoms with E-state index < -0.39 is 0 Å². The van der Waals surface area contributed by atoms with E-state index >= 15 is 0 Å². The third kappa shape index (κ3) is 4.58. The van der Waals surface area contributed by atoms with E-state index in [0.29, 0.717) is 37.5 Å². The number of carbonyl (C=O) groups is 2. The minimum atomic E-state index is -0.0637. The van der Waals surface area contributed by atoms with Gasteiger partial charge >= 0.3 is 0 Å². The van der Waals surface area contributed by atoms with Crippen molar-refractivity contribution in [3.63, 3.8) is 0 Å². The van der Waals surface area contributed by atoms with E-state index in [4.69, 9.17) is 9.47 Å². The summed E-state index contributed by atoms with van der Waals surface area (Å²) in [4.78, 5) is 28.5. The number of rotatable bonds is 5. The highest BCUT2D eigenvalue weighted by molar-refractivity contribution is 5.94. The lowest BCUT2D eigenvalue weighted by Crippen LogP contribution is -2.51. The monoisotopic (exact) mass is 368 g/mol. The van der Waals surface area contributed by atoms with Crippen LogP contribution in [0.3, 0.4) is 0 Å². The molecule has 0 aliphatic carbocycles. The molecule has 3 rings (SSSR count). The second-order valence-electron chi connectivity index (χ2n) is 6.46. The van der Waals surface area contributed by atoms with Gasteiger partial charge < -0.3 is 19.3 Å². The number of aryl methyl sites for hydroxylation is 1. The van der Waals surface area contributed by atoms with Gasteiger partial charge in [0, 0.05) is 31.7 Å². The van der Waals surface area contributed by atoms with Gasteiger partial charge in [0.05, 0.1) is 7.11 Å². The lowest BCUT2D eigenvalue weighted by Gasteiger charge is -2.34. The van der Waals surface area contributed by atoms with Crippen molar-refractivity contribution in [1.29, 1.82) is 0 Å². The fourth-order valence-corrected chi connectivity index (χ4v) is 3.11. The van der Waals surface area contributed by atoms with Gasteiger partial charge in [-0.1, -0.05) is 18.2 Å². The molecule has 0 unspecified atom stereocenters. The van der Waals surface area contributed by atoms with Gasteiger partial charge in [-0.25, -0.2) is 0 Å². The Bertz CT molecular complexity index is 799. The lowest BCUT2D eigenvalue weighted by atomic mass is 10.1. The zero-order valence-corrected chi connectivity index (χ0v) is 15.7. The minimum absolute atomic E-state index is 0.00956. The van der Waals surface area contributed by atoms with Gasteiger partial charge in [-0.05, 0) is 42.8 Å². The van der Waals surface area contributed by atoms with Crippen LogP contribution in [0.5, 0.6) is 11.5 Å². The fraction of sp³-hybridized carbons (Fsp3) is 0.333. The quantitative estimate of drug-likeness (QED) is 0.813. The van der Waals surface area contributed by atoms with Crippen LogP contribution in [0.4, 0.5) is 0 Å². The predicted octanol–water partition coefficient (Wildman–Crippen LogP) is 2.37. The molecule has 27 heavy (non-hydrogen) atoms. The Balaban J connectivity index is 1.51. The molecule has 0 bridgehead atoms. The Morgan fingerprint density at radius 2 is 1.63 bits per heavy atom. The lowest BCUT2D eigenvalue weighted by molar-refractivity contribution is -0.134. The van der Waals surface area contributed by atoms with Crippen molar-refractivity contribution in [1.82, 2.24) is 9.80 Å². The van der Waals surface area contributed by atoms with E-state index in [2.05, 4.69) is 0 Å². The third-order valence-electron chi connectivity index (χ3n) is 4.67. The van der Waals surface area contributed by atoms with E-state index in [0.717, 1.165) is 11.3 Å². The van der Waals surface area contributed by atoms with Gasteiger partial charge in [-0.3, -0.25) is 9.59 Å².